The zero-order chi connectivity index (χ0) is 21.4. The first-order valence-electron chi connectivity index (χ1n) is 10.5. The van der Waals surface area contributed by atoms with E-state index in [2.05, 4.69) is 49.5 Å². The highest BCUT2D eigenvalue weighted by Crippen LogP contribution is 2.39. The summed E-state index contributed by atoms with van der Waals surface area (Å²) in [5, 5.41) is 9.39. The Bertz CT molecular complexity index is 1240. The van der Waals surface area contributed by atoms with Crippen LogP contribution in [0, 0.1) is 0 Å². The van der Waals surface area contributed by atoms with E-state index in [1.165, 1.54) is 5.69 Å². The van der Waals surface area contributed by atoms with Gasteiger partial charge in [-0.3, -0.25) is 9.48 Å². The zero-order valence-corrected chi connectivity index (χ0v) is 17.8. The van der Waals surface area contributed by atoms with E-state index in [1.54, 1.807) is 7.11 Å². The van der Waals surface area contributed by atoms with Gasteiger partial charge >= 0.3 is 0 Å². The molecule has 4 heterocycles. The third-order valence-corrected chi connectivity index (χ3v) is 6.55. The summed E-state index contributed by atoms with van der Waals surface area (Å²) in [5.41, 5.74) is 5.07. The number of methoxy groups -OCH3 is 1. The van der Waals surface area contributed by atoms with Crippen LogP contribution in [0.1, 0.15) is 12.8 Å². The number of carbonyl (C=O) groups excluding carboxylic acids is 1. The van der Waals surface area contributed by atoms with Gasteiger partial charge in [0.25, 0.3) is 0 Å². The second-order valence-electron chi connectivity index (χ2n) is 8.18. The van der Waals surface area contributed by atoms with Gasteiger partial charge in [0.2, 0.25) is 6.41 Å². The molecule has 4 aromatic rings. The van der Waals surface area contributed by atoms with E-state index in [9.17, 15) is 4.79 Å². The topological polar surface area (TPSA) is 88.1 Å². The lowest BCUT2D eigenvalue weighted by Gasteiger charge is -2.42. The summed E-state index contributed by atoms with van der Waals surface area (Å²) in [5.74, 6) is 0. The Morgan fingerprint density at radius 2 is 2.10 bits per heavy atom. The average molecular weight is 419 g/mol. The number of H-pyrrole nitrogens is 1. The second-order valence-corrected chi connectivity index (χ2v) is 8.18. The highest BCUT2D eigenvalue weighted by molar-refractivity contribution is 6.00. The quantitative estimate of drug-likeness (QED) is 0.470. The lowest BCUT2D eigenvalue weighted by molar-refractivity contribution is -0.111. The van der Waals surface area contributed by atoms with Crippen LogP contribution in [0.4, 0.5) is 5.69 Å². The lowest BCUT2D eigenvalue weighted by atomic mass is 9.90. The van der Waals surface area contributed by atoms with E-state index in [-0.39, 0.29) is 5.60 Å². The molecule has 0 saturated carbocycles. The largest absolute Gasteiger partial charge is 0.376 e. The van der Waals surface area contributed by atoms with Crippen LogP contribution in [-0.2, 0) is 16.6 Å². The number of fused-ring (bicyclic) bond motifs is 2. The number of hydrogen-bond acceptors (Lipinski definition) is 5. The Balaban J connectivity index is 1.55. The molecule has 0 atom stereocenters. The monoisotopic (exact) mass is 418 g/mol. The molecule has 0 unspecified atom stereocenters. The molecule has 1 aromatic carbocycles. The Hall–Kier alpha value is -3.39. The van der Waals surface area contributed by atoms with Gasteiger partial charge in [0.05, 0.1) is 23.0 Å². The number of amides is 1. The van der Waals surface area contributed by atoms with Crippen LogP contribution in [0.5, 0.6) is 0 Å². The molecule has 8 nitrogen and oxygen atoms in total. The van der Waals surface area contributed by atoms with Crippen molar-refractivity contribution in [3.8, 4) is 11.1 Å². The average Bonchev–Trinajstić information content (AvgIpc) is 3.44. The third-order valence-electron chi connectivity index (χ3n) is 6.55. The van der Waals surface area contributed by atoms with E-state index in [0.29, 0.717) is 6.54 Å². The molecule has 2 N–H and O–H groups in total. The number of ether oxygens (including phenoxy) is 1. The number of hydrogen-bond donors (Lipinski definition) is 2. The van der Waals surface area contributed by atoms with Crippen molar-refractivity contribution in [1.29, 1.82) is 0 Å². The highest BCUT2D eigenvalue weighted by atomic mass is 16.5. The van der Waals surface area contributed by atoms with Crippen molar-refractivity contribution in [3.63, 3.8) is 0 Å². The number of nitrogens with one attached hydrogen (secondary N) is 2. The molecule has 1 aliphatic heterocycles. The van der Waals surface area contributed by atoms with E-state index in [0.717, 1.165) is 65.4 Å². The summed E-state index contributed by atoms with van der Waals surface area (Å²) in [7, 11) is 3.68. The molecular weight excluding hydrogens is 392 g/mol. The number of benzene rings is 1. The number of aryl methyl sites for hydroxylation is 1. The molecule has 3 aromatic heterocycles. The predicted octanol–water partition coefficient (Wildman–Crippen LogP) is 2.85. The van der Waals surface area contributed by atoms with Gasteiger partial charge < -0.3 is 19.9 Å². The molecule has 1 saturated heterocycles. The van der Waals surface area contributed by atoms with E-state index < -0.39 is 0 Å². The van der Waals surface area contributed by atoms with Crippen LogP contribution < -0.4 is 10.2 Å². The normalized spacial score (nSPS) is 16.1. The lowest BCUT2D eigenvalue weighted by Crippen LogP contribution is -2.51. The SMILES string of the molecule is COC1(CNC=O)CCN(c2c(-c3ccc4c(cnn4C)c3)cnc3[nH]ccc23)CC1. The highest BCUT2D eigenvalue weighted by Gasteiger charge is 2.35. The Kier molecular flexibility index (Phi) is 4.86. The van der Waals surface area contributed by atoms with Gasteiger partial charge in [0, 0.05) is 62.5 Å². The Morgan fingerprint density at radius 1 is 1.26 bits per heavy atom. The van der Waals surface area contributed by atoms with Crippen molar-refractivity contribution >= 4 is 34.0 Å². The third kappa shape index (κ3) is 3.33. The molecule has 0 aliphatic carbocycles. The number of aromatic nitrogens is 4. The standard InChI is InChI=1S/C23H26N6O2/c1-28-20-4-3-16(11-17(20)12-27-28)19-13-26-22-18(5-8-25-22)21(19)29-9-6-23(31-2,7-10-29)14-24-15-30/h3-5,8,11-13,15H,6-7,9-10,14H2,1-2H3,(H,24,30)(H,25,26). The fourth-order valence-corrected chi connectivity index (χ4v) is 4.70. The summed E-state index contributed by atoms with van der Waals surface area (Å²) in [6.07, 6.45) is 8.20. The van der Waals surface area contributed by atoms with Crippen LogP contribution in [0.2, 0.25) is 0 Å². The van der Waals surface area contributed by atoms with Crippen LogP contribution >= 0.6 is 0 Å². The van der Waals surface area contributed by atoms with Crippen molar-refractivity contribution in [2.24, 2.45) is 7.05 Å². The molecule has 1 amide bonds. The van der Waals surface area contributed by atoms with Crippen LogP contribution in [0.3, 0.4) is 0 Å². The molecular formula is C23H26N6O2. The summed E-state index contributed by atoms with van der Waals surface area (Å²) < 4.78 is 7.71. The summed E-state index contributed by atoms with van der Waals surface area (Å²) in [6.45, 7) is 2.20. The first kappa shape index (κ1) is 19.6. The van der Waals surface area contributed by atoms with Gasteiger partial charge in [0.15, 0.2) is 0 Å². The van der Waals surface area contributed by atoms with Gasteiger partial charge in [-0.05, 0) is 36.6 Å². The van der Waals surface area contributed by atoms with Gasteiger partial charge in [0.1, 0.15) is 5.65 Å². The van der Waals surface area contributed by atoms with Crippen LogP contribution in [-0.4, -0.2) is 58.5 Å². The van der Waals surface area contributed by atoms with Crippen molar-refractivity contribution in [1.82, 2.24) is 25.1 Å². The number of aromatic amines is 1. The summed E-state index contributed by atoms with van der Waals surface area (Å²) in [4.78, 5) is 21.1. The van der Waals surface area contributed by atoms with Crippen molar-refractivity contribution in [3.05, 3.63) is 42.9 Å². The maximum atomic E-state index is 10.8. The molecule has 0 radical (unpaired) electrons. The van der Waals surface area contributed by atoms with Crippen LogP contribution in [0.25, 0.3) is 33.1 Å². The molecule has 0 spiro atoms. The first-order chi connectivity index (χ1) is 15.1. The van der Waals surface area contributed by atoms with Gasteiger partial charge in [-0.1, -0.05) is 6.07 Å². The fourth-order valence-electron chi connectivity index (χ4n) is 4.70. The minimum absolute atomic E-state index is 0.323. The maximum absolute atomic E-state index is 10.8. The molecule has 1 fully saturated rings. The molecule has 5 rings (SSSR count). The predicted molar refractivity (Wildman–Crippen MR) is 121 cm³/mol. The Labute approximate surface area is 180 Å². The maximum Gasteiger partial charge on any atom is 0.207 e. The van der Waals surface area contributed by atoms with E-state index in [4.69, 9.17) is 4.74 Å². The summed E-state index contributed by atoms with van der Waals surface area (Å²) in [6, 6.07) is 8.52. The number of carbonyl (C=O) groups is 1. The van der Waals surface area contributed by atoms with Crippen molar-refractivity contribution in [2.75, 3.05) is 31.6 Å². The van der Waals surface area contributed by atoms with Gasteiger partial charge in [-0.15, -0.1) is 0 Å². The zero-order valence-electron chi connectivity index (χ0n) is 17.8. The van der Waals surface area contributed by atoms with Crippen LogP contribution in [0.15, 0.2) is 42.9 Å². The first-order valence-corrected chi connectivity index (χ1v) is 10.5. The number of pyridine rings is 1. The fraction of sp³-hybridized carbons (Fsp3) is 0.348. The Morgan fingerprint density at radius 3 is 2.87 bits per heavy atom. The minimum Gasteiger partial charge on any atom is -0.376 e. The molecule has 1 aliphatic rings. The molecule has 8 heteroatoms. The van der Waals surface area contributed by atoms with E-state index in [1.807, 2.05) is 30.3 Å². The van der Waals surface area contributed by atoms with Gasteiger partial charge in [-0.25, -0.2) is 4.98 Å². The van der Waals surface area contributed by atoms with E-state index >= 15 is 0 Å². The number of nitrogens with zero attached hydrogens (tertiary/aromatic N) is 4. The second kappa shape index (κ2) is 7.70. The molecule has 31 heavy (non-hydrogen) atoms. The summed E-state index contributed by atoms with van der Waals surface area (Å²) >= 11 is 0. The molecule has 0 bridgehead atoms. The number of piperidine rings is 1. The van der Waals surface area contributed by atoms with Crippen molar-refractivity contribution in [2.45, 2.75) is 18.4 Å². The van der Waals surface area contributed by atoms with Gasteiger partial charge in [-0.2, -0.15) is 5.10 Å². The number of rotatable bonds is 6. The number of anilines is 1. The smallest absolute Gasteiger partial charge is 0.207 e. The van der Waals surface area contributed by atoms with Crippen molar-refractivity contribution < 1.29 is 9.53 Å². The minimum atomic E-state index is -0.323. The molecule has 160 valence electrons.